The smallest absolute Gasteiger partial charge is 0.239 e. The van der Waals surface area contributed by atoms with E-state index in [4.69, 9.17) is 11.3 Å². The topological polar surface area (TPSA) is 104 Å². The summed E-state index contributed by atoms with van der Waals surface area (Å²) in [5.74, 6) is -0.955. The van der Waals surface area contributed by atoms with Crippen LogP contribution in [0.1, 0.15) is 11.6 Å². The van der Waals surface area contributed by atoms with Crippen LogP contribution in [0.4, 0.5) is 4.39 Å². The number of azide groups is 1. The van der Waals surface area contributed by atoms with E-state index in [-0.39, 0.29) is 12.4 Å². The van der Waals surface area contributed by atoms with Crippen LogP contribution in [-0.2, 0) is 4.79 Å². The molecule has 0 saturated heterocycles. The van der Waals surface area contributed by atoms with Gasteiger partial charge in [-0.1, -0.05) is 17.2 Å². The lowest BCUT2D eigenvalue weighted by molar-refractivity contribution is -0.120. The van der Waals surface area contributed by atoms with Gasteiger partial charge < -0.3 is 11.1 Å². The predicted molar refractivity (Wildman–Crippen MR) is 60.4 cm³/mol. The van der Waals surface area contributed by atoms with Crippen molar-refractivity contribution in [2.75, 3.05) is 13.1 Å². The first-order valence-corrected chi connectivity index (χ1v) is 4.94. The minimum absolute atomic E-state index is 0.210. The lowest BCUT2D eigenvalue weighted by Gasteiger charge is -2.14. The molecule has 0 spiro atoms. The molecule has 90 valence electrons. The normalized spacial score (nSPS) is 11.6. The monoisotopic (exact) mass is 237 g/mol. The highest BCUT2D eigenvalue weighted by atomic mass is 19.1. The molecule has 0 aliphatic heterocycles. The Morgan fingerprint density at radius 1 is 1.53 bits per heavy atom. The van der Waals surface area contributed by atoms with Crippen LogP contribution in [-0.4, -0.2) is 19.0 Å². The minimum Gasteiger partial charge on any atom is -0.368 e. The van der Waals surface area contributed by atoms with Gasteiger partial charge in [-0.15, -0.1) is 0 Å². The summed E-state index contributed by atoms with van der Waals surface area (Å²) >= 11 is 0. The van der Waals surface area contributed by atoms with Gasteiger partial charge in [0.2, 0.25) is 5.91 Å². The highest BCUT2D eigenvalue weighted by Crippen LogP contribution is 2.12. The van der Waals surface area contributed by atoms with Crippen LogP contribution < -0.4 is 11.1 Å². The number of nitrogens with one attached hydrogen (secondary N) is 1. The molecular formula is C10H12FN5O. The van der Waals surface area contributed by atoms with Crippen molar-refractivity contribution < 1.29 is 9.18 Å². The van der Waals surface area contributed by atoms with Crippen molar-refractivity contribution in [1.82, 2.24) is 5.32 Å². The van der Waals surface area contributed by atoms with E-state index in [1.807, 2.05) is 0 Å². The van der Waals surface area contributed by atoms with Gasteiger partial charge in [0.15, 0.2) is 0 Å². The van der Waals surface area contributed by atoms with Gasteiger partial charge in [0.1, 0.15) is 11.9 Å². The molecule has 1 atom stereocenters. The number of hydrogen-bond donors (Lipinski definition) is 2. The first kappa shape index (κ1) is 13.0. The molecule has 0 saturated carbocycles. The highest BCUT2D eigenvalue weighted by Gasteiger charge is 2.16. The van der Waals surface area contributed by atoms with Gasteiger partial charge in [-0.05, 0) is 23.2 Å². The van der Waals surface area contributed by atoms with Gasteiger partial charge in [-0.3, -0.25) is 4.79 Å². The molecule has 1 rings (SSSR count). The summed E-state index contributed by atoms with van der Waals surface area (Å²) in [4.78, 5) is 13.8. The standard InChI is InChI=1S/C10H12FN5O/c11-8-3-1-7(2-4-8)9(10(12)17)14-5-6-15-16-13/h1-4,9,14H,5-6H2,(H2,12,17). The maximum atomic E-state index is 12.7. The fraction of sp³-hybridized carbons (Fsp3) is 0.300. The average molecular weight is 237 g/mol. The van der Waals surface area contributed by atoms with E-state index < -0.39 is 11.9 Å². The third kappa shape index (κ3) is 4.10. The molecule has 1 unspecified atom stereocenters. The molecule has 0 aromatic heterocycles. The Morgan fingerprint density at radius 3 is 2.71 bits per heavy atom. The number of benzene rings is 1. The van der Waals surface area contributed by atoms with Crippen molar-refractivity contribution in [3.8, 4) is 0 Å². The summed E-state index contributed by atoms with van der Waals surface area (Å²) in [6.07, 6.45) is 0. The number of rotatable bonds is 6. The molecular weight excluding hydrogens is 225 g/mol. The van der Waals surface area contributed by atoms with Crippen LogP contribution in [0.3, 0.4) is 0 Å². The molecule has 0 bridgehead atoms. The third-order valence-corrected chi connectivity index (χ3v) is 2.11. The van der Waals surface area contributed by atoms with Crippen molar-refractivity contribution in [3.05, 3.63) is 46.1 Å². The Kier molecular flexibility index (Phi) is 4.93. The van der Waals surface area contributed by atoms with Gasteiger partial charge in [0.05, 0.1) is 0 Å². The van der Waals surface area contributed by atoms with Crippen molar-refractivity contribution in [1.29, 1.82) is 0 Å². The molecule has 0 fully saturated rings. The average Bonchev–Trinajstić information content (AvgIpc) is 2.30. The molecule has 1 aromatic carbocycles. The zero-order valence-corrected chi connectivity index (χ0v) is 9.01. The number of nitrogens with zero attached hydrogens (tertiary/aromatic N) is 3. The van der Waals surface area contributed by atoms with Gasteiger partial charge in [0.25, 0.3) is 0 Å². The largest absolute Gasteiger partial charge is 0.368 e. The zero-order valence-electron chi connectivity index (χ0n) is 9.01. The maximum absolute atomic E-state index is 12.7. The van der Waals surface area contributed by atoms with Crippen molar-refractivity contribution in [3.63, 3.8) is 0 Å². The van der Waals surface area contributed by atoms with Crippen LogP contribution in [0.5, 0.6) is 0 Å². The molecule has 1 aromatic rings. The van der Waals surface area contributed by atoms with Gasteiger partial charge >= 0.3 is 0 Å². The molecule has 0 aliphatic carbocycles. The number of hydrogen-bond acceptors (Lipinski definition) is 3. The Hall–Kier alpha value is -2.11. The summed E-state index contributed by atoms with van der Waals surface area (Å²) in [7, 11) is 0. The van der Waals surface area contributed by atoms with E-state index in [1.54, 1.807) is 0 Å². The van der Waals surface area contributed by atoms with E-state index >= 15 is 0 Å². The van der Waals surface area contributed by atoms with Gasteiger partial charge in [-0.2, -0.15) is 0 Å². The summed E-state index contributed by atoms with van der Waals surface area (Å²) in [6, 6.07) is 4.74. The van der Waals surface area contributed by atoms with E-state index in [0.717, 1.165) is 0 Å². The first-order valence-electron chi connectivity index (χ1n) is 4.94. The van der Waals surface area contributed by atoms with E-state index in [0.29, 0.717) is 12.1 Å². The second-order valence-corrected chi connectivity index (χ2v) is 3.30. The number of carbonyl (C=O) groups excluding carboxylic acids is 1. The number of nitrogens with two attached hydrogens (primary N) is 1. The summed E-state index contributed by atoms with van der Waals surface area (Å²) in [5, 5.41) is 6.14. The predicted octanol–water partition coefficient (Wildman–Crippen LogP) is 1.25. The molecule has 0 heterocycles. The van der Waals surface area contributed by atoms with Crippen LogP contribution in [0.25, 0.3) is 10.4 Å². The number of halogens is 1. The molecule has 3 N–H and O–H groups in total. The van der Waals surface area contributed by atoms with Gasteiger partial charge in [0, 0.05) is 18.0 Å². The van der Waals surface area contributed by atoms with E-state index in [2.05, 4.69) is 15.3 Å². The van der Waals surface area contributed by atoms with Crippen molar-refractivity contribution in [2.45, 2.75) is 6.04 Å². The SMILES string of the molecule is [N-]=[N+]=NCCNC(C(N)=O)c1ccc(F)cc1. The molecule has 17 heavy (non-hydrogen) atoms. The van der Waals surface area contributed by atoms with Crippen molar-refractivity contribution in [2.24, 2.45) is 10.8 Å². The van der Waals surface area contributed by atoms with Crippen LogP contribution in [0, 0.1) is 5.82 Å². The van der Waals surface area contributed by atoms with Crippen LogP contribution in [0.15, 0.2) is 29.4 Å². The van der Waals surface area contributed by atoms with Crippen LogP contribution in [0.2, 0.25) is 0 Å². The van der Waals surface area contributed by atoms with Crippen molar-refractivity contribution >= 4 is 5.91 Å². The fourth-order valence-electron chi connectivity index (χ4n) is 1.34. The summed E-state index contributed by atoms with van der Waals surface area (Å²) < 4.78 is 12.7. The van der Waals surface area contributed by atoms with E-state index in [9.17, 15) is 9.18 Å². The Balaban J connectivity index is 2.68. The summed E-state index contributed by atoms with van der Waals surface area (Å²) in [5.41, 5.74) is 13.9. The lowest BCUT2D eigenvalue weighted by Crippen LogP contribution is -2.34. The Bertz CT molecular complexity index is 427. The van der Waals surface area contributed by atoms with Crippen LogP contribution >= 0.6 is 0 Å². The highest BCUT2D eigenvalue weighted by molar-refractivity contribution is 5.81. The molecule has 0 aliphatic rings. The zero-order chi connectivity index (χ0) is 12.7. The molecule has 1 amide bonds. The molecule has 7 heteroatoms. The second-order valence-electron chi connectivity index (χ2n) is 3.30. The number of carbonyl (C=O) groups is 1. The fourth-order valence-corrected chi connectivity index (χ4v) is 1.34. The number of amides is 1. The first-order chi connectivity index (χ1) is 8.15. The molecule has 0 radical (unpaired) electrons. The minimum atomic E-state index is -0.718. The molecule has 6 nitrogen and oxygen atoms in total. The van der Waals surface area contributed by atoms with Gasteiger partial charge in [-0.25, -0.2) is 4.39 Å². The summed E-state index contributed by atoms with van der Waals surface area (Å²) in [6.45, 7) is 0.524. The lowest BCUT2D eigenvalue weighted by atomic mass is 10.1. The number of primary amides is 1. The second kappa shape index (κ2) is 6.47. The Labute approximate surface area is 97.2 Å². The van der Waals surface area contributed by atoms with E-state index in [1.165, 1.54) is 24.3 Å². The maximum Gasteiger partial charge on any atom is 0.239 e. The third-order valence-electron chi connectivity index (χ3n) is 2.11. The quantitative estimate of drug-likeness (QED) is 0.336. The Morgan fingerprint density at radius 2 is 2.18 bits per heavy atom.